The van der Waals surface area contributed by atoms with E-state index in [0.717, 1.165) is 10.0 Å². The second-order valence-corrected chi connectivity index (χ2v) is 5.03. The molecular formula is C13H14BrNO3. The van der Waals surface area contributed by atoms with Crippen molar-refractivity contribution >= 4 is 27.9 Å². The molecule has 2 rings (SSSR count). The third-order valence-electron chi connectivity index (χ3n) is 2.77. The molecule has 1 aliphatic heterocycles. The van der Waals surface area contributed by atoms with E-state index < -0.39 is 0 Å². The molecule has 0 spiro atoms. The third-order valence-corrected chi connectivity index (χ3v) is 3.26. The number of carbonyl (C=O) groups is 1. The Hall–Kier alpha value is -1.33. The summed E-state index contributed by atoms with van der Waals surface area (Å²) in [5, 5.41) is 9.13. The molecule has 1 amide bonds. The van der Waals surface area contributed by atoms with Crippen molar-refractivity contribution in [2.45, 2.75) is 6.10 Å². The Balaban J connectivity index is 2.08. The minimum absolute atomic E-state index is 0.0951. The molecule has 1 aliphatic rings. The van der Waals surface area contributed by atoms with Crippen molar-refractivity contribution in [2.75, 3.05) is 20.2 Å². The van der Waals surface area contributed by atoms with Crippen LogP contribution in [0.1, 0.15) is 5.56 Å². The van der Waals surface area contributed by atoms with Gasteiger partial charge in [-0.15, -0.1) is 0 Å². The smallest absolute Gasteiger partial charge is 0.246 e. The number of aliphatic hydroxyl groups is 1. The predicted molar refractivity (Wildman–Crippen MR) is 72.3 cm³/mol. The molecule has 0 unspecified atom stereocenters. The zero-order valence-corrected chi connectivity index (χ0v) is 11.6. The number of ether oxygens (including phenoxy) is 1. The summed E-state index contributed by atoms with van der Waals surface area (Å²) in [6.07, 6.45) is 2.84. The van der Waals surface area contributed by atoms with Crippen LogP contribution >= 0.6 is 15.9 Å². The Bertz CT molecular complexity index is 481. The number of amides is 1. The van der Waals surface area contributed by atoms with Crippen LogP contribution in [0.4, 0.5) is 0 Å². The molecule has 4 nitrogen and oxygen atoms in total. The number of likely N-dealkylation sites (tertiary alicyclic amines) is 1. The normalized spacial score (nSPS) is 15.8. The van der Waals surface area contributed by atoms with Gasteiger partial charge in [0.05, 0.1) is 13.2 Å². The quantitative estimate of drug-likeness (QED) is 0.864. The number of carbonyl (C=O) groups excluding carboxylic acids is 1. The standard InChI is InChI=1S/C13H14BrNO3/c1-18-12-4-3-10(14)6-9(12)2-5-13(17)15-7-11(16)8-15/h2-6,11,16H,7-8H2,1H3/b5-2+. The Labute approximate surface area is 114 Å². The van der Waals surface area contributed by atoms with Gasteiger partial charge < -0.3 is 14.7 Å². The van der Waals surface area contributed by atoms with Crippen LogP contribution in [-0.2, 0) is 4.79 Å². The summed E-state index contributed by atoms with van der Waals surface area (Å²) in [5.41, 5.74) is 0.835. The molecule has 0 bridgehead atoms. The molecule has 1 saturated heterocycles. The molecule has 18 heavy (non-hydrogen) atoms. The first kappa shape index (κ1) is 13.1. The van der Waals surface area contributed by atoms with Gasteiger partial charge in [-0.3, -0.25) is 4.79 Å². The Morgan fingerprint density at radius 3 is 2.89 bits per heavy atom. The number of β-amino-alcohol motifs (C(OH)–C–C–N with tert-alkyl or cyclic N) is 1. The summed E-state index contributed by atoms with van der Waals surface area (Å²) < 4.78 is 6.14. The van der Waals surface area contributed by atoms with Crippen molar-refractivity contribution in [1.82, 2.24) is 4.90 Å². The van der Waals surface area contributed by atoms with Crippen molar-refractivity contribution in [1.29, 1.82) is 0 Å². The van der Waals surface area contributed by atoms with Crippen LogP contribution in [0.2, 0.25) is 0 Å². The molecule has 96 valence electrons. The lowest BCUT2D eigenvalue weighted by Gasteiger charge is -2.34. The molecule has 1 aromatic carbocycles. The minimum Gasteiger partial charge on any atom is -0.496 e. The lowest BCUT2D eigenvalue weighted by atomic mass is 10.1. The zero-order valence-electron chi connectivity index (χ0n) is 9.97. The van der Waals surface area contributed by atoms with Gasteiger partial charge in [-0.1, -0.05) is 15.9 Å². The van der Waals surface area contributed by atoms with Crippen molar-refractivity contribution < 1.29 is 14.6 Å². The summed E-state index contributed by atoms with van der Waals surface area (Å²) in [6.45, 7) is 0.831. The second-order valence-electron chi connectivity index (χ2n) is 4.12. The number of nitrogens with zero attached hydrogens (tertiary/aromatic N) is 1. The number of methoxy groups -OCH3 is 1. The molecule has 1 N–H and O–H groups in total. The van der Waals surface area contributed by atoms with Gasteiger partial charge in [-0.2, -0.15) is 0 Å². The average molecular weight is 312 g/mol. The van der Waals surface area contributed by atoms with E-state index in [9.17, 15) is 4.79 Å². The number of benzene rings is 1. The van der Waals surface area contributed by atoms with Crippen LogP contribution < -0.4 is 4.74 Å². The zero-order chi connectivity index (χ0) is 13.1. The van der Waals surface area contributed by atoms with Crippen molar-refractivity contribution in [2.24, 2.45) is 0 Å². The Kier molecular flexibility index (Phi) is 4.04. The molecule has 1 heterocycles. The highest BCUT2D eigenvalue weighted by Gasteiger charge is 2.27. The first-order valence-electron chi connectivity index (χ1n) is 5.58. The number of hydrogen-bond donors (Lipinski definition) is 1. The predicted octanol–water partition coefficient (Wildman–Crippen LogP) is 1.67. The molecule has 0 saturated carbocycles. The molecule has 0 aromatic heterocycles. The monoisotopic (exact) mass is 311 g/mol. The maximum absolute atomic E-state index is 11.7. The first-order valence-corrected chi connectivity index (χ1v) is 6.38. The lowest BCUT2D eigenvalue weighted by molar-refractivity contribution is -0.135. The van der Waals surface area contributed by atoms with Crippen LogP contribution in [0, 0.1) is 0 Å². The molecule has 0 aliphatic carbocycles. The molecule has 0 atom stereocenters. The topological polar surface area (TPSA) is 49.8 Å². The third kappa shape index (κ3) is 2.91. The first-order chi connectivity index (χ1) is 8.60. The largest absolute Gasteiger partial charge is 0.496 e. The van der Waals surface area contributed by atoms with Gasteiger partial charge in [0, 0.05) is 29.2 Å². The van der Waals surface area contributed by atoms with Crippen LogP contribution in [0.3, 0.4) is 0 Å². The van der Waals surface area contributed by atoms with E-state index in [1.54, 1.807) is 18.1 Å². The fourth-order valence-electron chi connectivity index (χ4n) is 1.74. The van der Waals surface area contributed by atoms with Crippen LogP contribution in [0.25, 0.3) is 6.08 Å². The van der Waals surface area contributed by atoms with E-state index in [-0.39, 0.29) is 12.0 Å². The summed E-state index contributed by atoms with van der Waals surface area (Å²) in [5.74, 6) is 0.619. The Morgan fingerprint density at radius 2 is 2.28 bits per heavy atom. The highest BCUT2D eigenvalue weighted by Crippen LogP contribution is 2.24. The highest BCUT2D eigenvalue weighted by atomic mass is 79.9. The van der Waals surface area contributed by atoms with Crippen LogP contribution in [0.15, 0.2) is 28.7 Å². The van der Waals surface area contributed by atoms with Gasteiger partial charge >= 0.3 is 0 Å². The molecule has 1 aromatic rings. The number of aliphatic hydroxyl groups excluding tert-OH is 1. The van der Waals surface area contributed by atoms with Gasteiger partial charge in [0.15, 0.2) is 0 Å². The maximum atomic E-state index is 11.7. The summed E-state index contributed by atoms with van der Waals surface area (Å²) >= 11 is 3.38. The van der Waals surface area contributed by atoms with Crippen LogP contribution in [-0.4, -0.2) is 42.2 Å². The summed E-state index contributed by atoms with van der Waals surface area (Å²) in [6, 6.07) is 5.60. The molecule has 1 fully saturated rings. The minimum atomic E-state index is -0.372. The van der Waals surface area contributed by atoms with E-state index >= 15 is 0 Å². The van der Waals surface area contributed by atoms with E-state index in [1.165, 1.54) is 6.08 Å². The van der Waals surface area contributed by atoms with Gasteiger partial charge in [-0.05, 0) is 24.3 Å². The average Bonchev–Trinajstić information content (AvgIpc) is 2.32. The van der Waals surface area contributed by atoms with E-state index in [1.807, 2.05) is 18.2 Å². The molecular weight excluding hydrogens is 298 g/mol. The van der Waals surface area contributed by atoms with Gasteiger partial charge in [0.2, 0.25) is 5.91 Å². The van der Waals surface area contributed by atoms with Gasteiger partial charge in [0.25, 0.3) is 0 Å². The van der Waals surface area contributed by atoms with Crippen LogP contribution in [0.5, 0.6) is 5.75 Å². The fraction of sp³-hybridized carbons (Fsp3) is 0.308. The van der Waals surface area contributed by atoms with E-state index in [4.69, 9.17) is 9.84 Å². The second kappa shape index (κ2) is 5.54. The van der Waals surface area contributed by atoms with Crippen molar-refractivity contribution in [3.63, 3.8) is 0 Å². The van der Waals surface area contributed by atoms with Gasteiger partial charge in [-0.25, -0.2) is 0 Å². The highest BCUT2D eigenvalue weighted by molar-refractivity contribution is 9.10. The molecule has 5 heteroatoms. The van der Waals surface area contributed by atoms with Crippen molar-refractivity contribution in [3.05, 3.63) is 34.3 Å². The Morgan fingerprint density at radius 1 is 1.56 bits per heavy atom. The van der Waals surface area contributed by atoms with Gasteiger partial charge in [0.1, 0.15) is 5.75 Å². The van der Waals surface area contributed by atoms with E-state index in [0.29, 0.717) is 18.8 Å². The maximum Gasteiger partial charge on any atom is 0.246 e. The number of rotatable bonds is 3. The molecule has 0 radical (unpaired) electrons. The lowest BCUT2D eigenvalue weighted by Crippen LogP contribution is -2.52. The SMILES string of the molecule is COc1ccc(Br)cc1/C=C/C(=O)N1CC(O)C1. The van der Waals surface area contributed by atoms with E-state index in [2.05, 4.69) is 15.9 Å². The van der Waals surface area contributed by atoms with Crippen molar-refractivity contribution in [3.8, 4) is 5.75 Å². The number of halogens is 1. The summed E-state index contributed by atoms with van der Waals surface area (Å²) in [4.78, 5) is 13.3. The summed E-state index contributed by atoms with van der Waals surface area (Å²) in [7, 11) is 1.59. The number of hydrogen-bond acceptors (Lipinski definition) is 3. The fourth-order valence-corrected chi connectivity index (χ4v) is 2.12.